The Balaban J connectivity index is 2.49. The van der Waals surface area contributed by atoms with Crippen molar-refractivity contribution in [2.75, 3.05) is 11.9 Å². The Morgan fingerprint density at radius 2 is 1.63 bits per heavy atom. The summed E-state index contributed by atoms with van der Waals surface area (Å²) in [5, 5.41) is 6.89. The Labute approximate surface area is 120 Å². The first-order valence-corrected chi connectivity index (χ1v) is 7.23. The molecule has 0 heterocycles. The highest BCUT2D eigenvalue weighted by Gasteiger charge is 2.23. The van der Waals surface area contributed by atoms with Crippen molar-refractivity contribution in [1.29, 1.82) is 0 Å². The van der Waals surface area contributed by atoms with Crippen LogP contribution in [-0.4, -0.2) is 18.0 Å². The van der Waals surface area contributed by atoms with Crippen LogP contribution in [0.5, 0.6) is 0 Å². The Kier molecular flexibility index (Phi) is 6.32. The molecule has 1 rings (SSSR count). The second kappa shape index (κ2) is 7.51. The van der Waals surface area contributed by atoms with E-state index in [1.807, 2.05) is 0 Å². The van der Waals surface area contributed by atoms with Crippen molar-refractivity contribution < 1.29 is 4.79 Å². The zero-order valence-electron chi connectivity index (χ0n) is 11.9. The van der Waals surface area contributed by atoms with Crippen molar-refractivity contribution >= 4 is 23.2 Å². The molecule has 0 bridgehead atoms. The number of carbonyl (C=O) groups excluding carboxylic acids is 1. The zero-order valence-corrected chi connectivity index (χ0v) is 12.7. The molecule has 0 radical (unpaired) electrons. The van der Waals surface area contributed by atoms with Crippen molar-refractivity contribution in [3.05, 3.63) is 29.3 Å². The van der Waals surface area contributed by atoms with Gasteiger partial charge in [0.2, 0.25) is 5.91 Å². The van der Waals surface area contributed by atoms with Gasteiger partial charge in [-0.3, -0.25) is 4.79 Å². The van der Waals surface area contributed by atoms with Crippen LogP contribution in [0.15, 0.2) is 24.3 Å². The minimum absolute atomic E-state index is 0.0259. The van der Waals surface area contributed by atoms with Gasteiger partial charge in [-0.05, 0) is 43.5 Å². The molecule has 0 aliphatic carbocycles. The normalized spacial score (nSPS) is 11.4. The molecular formula is C15H23ClN2O. The molecule has 19 heavy (non-hydrogen) atoms. The highest BCUT2D eigenvalue weighted by Crippen LogP contribution is 2.19. The van der Waals surface area contributed by atoms with Crippen LogP contribution >= 0.6 is 11.6 Å². The SMILES string of the molecule is CCC(CC)(CC)NCC(=O)Nc1ccc(Cl)cc1. The molecule has 1 aromatic rings. The quantitative estimate of drug-likeness (QED) is 0.798. The first-order chi connectivity index (χ1) is 9.05. The Hall–Kier alpha value is -1.06. The molecule has 0 saturated heterocycles. The Morgan fingerprint density at radius 3 is 2.11 bits per heavy atom. The van der Waals surface area contributed by atoms with Crippen LogP contribution in [0.4, 0.5) is 5.69 Å². The van der Waals surface area contributed by atoms with Gasteiger partial charge in [0.1, 0.15) is 0 Å². The fourth-order valence-corrected chi connectivity index (χ4v) is 2.26. The van der Waals surface area contributed by atoms with E-state index >= 15 is 0 Å². The summed E-state index contributed by atoms with van der Waals surface area (Å²) in [5.41, 5.74) is 0.837. The molecule has 0 unspecified atom stereocenters. The van der Waals surface area contributed by atoms with Crippen molar-refractivity contribution in [2.24, 2.45) is 0 Å². The molecule has 4 heteroatoms. The summed E-state index contributed by atoms with van der Waals surface area (Å²) in [5.74, 6) is -0.0259. The molecule has 2 N–H and O–H groups in total. The first-order valence-electron chi connectivity index (χ1n) is 6.85. The zero-order chi connectivity index (χ0) is 14.3. The number of nitrogens with one attached hydrogen (secondary N) is 2. The molecule has 0 aromatic heterocycles. The van der Waals surface area contributed by atoms with Crippen LogP contribution in [0, 0.1) is 0 Å². The predicted molar refractivity (Wildman–Crippen MR) is 81.7 cm³/mol. The molecule has 0 aliphatic rings. The van der Waals surface area contributed by atoms with Crippen molar-refractivity contribution in [1.82, 2.24) is 5.32 Å². The molecule has 0 spiro atoms. The van der Waals surface area contributed by atoms with Gasteiger partial charge < -0.3 is 10.6 Å². The average Bonchev–Trinajstić information content (AvgIpc) is 2.44. The number of hydrogen-bond donors (Lipinski definition) is 2. The third kappa shape index (κ3) is 4.84. The summed E-state index contributed by atoms with van der Waals surface area (Å²) in [6.45, 7) is 6.78. The van der Waals surface area contributed by atoms with E-state index in [9.17, 15) is 4.79 Å². The van der Waals surface area contributed by atoms with E-state index in [1.54, 1.807) is 24.3 Å². The van der Waals surface area contributed by atoms with Gasteiger partial charge in [0.15, 0.2) is 0 Å². The van der Waals surface area contributed by atoms with E-state index in [4.69, 9.17) is 11.6 Å². The van der Waals surface area contributed by atoms with Crippen LogP contribution in [0.25, 0.3) is 0 Å². The number of rotatable bonds is 7. The van der Waals surface area contributed by atoms with Crippen LogP contribution in [0.2, 0.25) is 5.02 Å². The first kappa shape index (κ1) is 16.0. The van der Waals surface area contributed by atoms with E-state index in [-0.39, 0.29) is 11.4 Å². The standard InChI is InChI=1S/C15H23ClN2O/c1-4-15(5-2,6-3)17-11-14(19)18-13-9-7-12(16)8-10-13/h7-10,17H,4-6,11H2,1-3H3,(H,18,19). The highest BCUT2D eigenvalue weighted by molar-refractivity contribution is 6.30. The predicted octanol–water partition coefficient (Wildman–Crippen LogP) is 3.84. The minimum Gasteiger partial charge on any atom is -0.325 e. The second-order valence-corrected chi connectivity index (χ2v) is 5.19. The summed E-state index contributed by atoms with van der Waals surface area (Å²) < 4.78 is 0. The molecule has 1 aromatic carbocycles. The lowest BCUT2D eigenvalue weighted by Crippen LogP contribution is -2.47. The topological polar surface area (TPSA) is 41.1 Å². The second-order valence-electron chi connectivity index (χ2n) is 4.75. The number of halogens is 1. The molecule has 1 amide bonds. The lowest BCUT2D eigenvalue weighted by Gasteiger charge is -2.31. The van der Waals surface area contributed by atoms with E-state index in [2.05, 4.69) is 31.4 Å². The summed E-state index contributed by atoms with van der Waals surface area (Å²) in [4.78, 5) is 11.9. The van der Waals surface area contributed by atoms with Crippen molar-refractivity contribution in [3.8, 4) is 0 Å². The Bertz CT molecular complexity index is 391. The van der Waals surface area contributed by atoms with Gasteiger partial charge in [-0.25, -0.2) is 0 Å². The molecule has 0 atom stereocenters. The summed E-state index contributed by atoms with van der Waals surface area (Å²) >= 11 is 5.80. The Morgan fingerprint density at radius 1 is 1.11 bits per heavy atom. The van der Waals surface area contributed by atoms with E-state index < -0.39 is 0 Å². The monoisotopic (exact) mass is 282 g/mol. The maximum absolute atomic E-state index is 11.9. The third-order valence-electron chi connectivity index (χ3n) is 3.78. The average molecular weight is 283 g/mol. The number of anilines is 1. The van der Waals surface area contributed by atoms with Crippen LogP contribution in [0.3, 0.4) is 0 Å². The fourth-order valence-electron chi connectivity index (χ4n) is 2.13. The number of benzene rings is 1. The molecule has 3 nitrogen and oxygen atoms in total. The molecule has 0 aliphatic heterocycles. The summed E-state index contributed by atoms with van der Waals surface area (Å²) in [6, 6.07) is 7.12. The molecule has 0 fully saturated rings. The molecule has 0 saturated carbocycles. The summed E-state index contributed by atoms with van der Waals surface area (Å²) in [7, 11) is 0. The number of amides is 1. The van der Waals surface area contributed by atoms with E-state index in [1.165, 1.54) is 0 Å². The minimum atomic E-state index is -0.0259. The van der Waals surface area contributed by atoms with Gasteiger partial charge in [-0.2, -0.15) is 0 Å². The molecular weight excluding hydrogens is 260 g/mol. The number of carbonyl (C=O) groups is 1. The summed E-state index contributed by atoms with van der Waals surface area (Å²) in [6.07, 6.45) is 3.07. The molecule has 106 valence electrons. The van der Waals surface area contributed by atoms with Gasteiger partial charge in [0.05, 0.1) is 6.54 Å². The van der Waals surface area contributed by atoms with Gasteiger partial charge in [-0.1, -0.05) is 32.4 Å². The van der Waals surface area contributed by atoms with Crippen LogP contribution in [-0.2, 0) is 4.79 Å². The van der Waals surface area contributed by atoms with Crippen LogP contribution < -0.4 is 10.6 Å². The fraction of sp³-hybridized carbons (Fsp3) is 0.533. The van der Waals surface area contributed by atoms with Gasteiger partial charge in [0.25, 0.3) is 0 Å². The number of hydrogen-bond acceptors (Lipinski definition) is 2. The lowest BCUT2D eigenvalue weighted by atomic mass is 9.90. The van der Waals surface area contributed by atoms with Gasteiger partial charge >= 0.3 is 0 Å². The third-order valence-corrected chi connectivity index (χ3v) is 4.03. The van der Waals surface area contributed by atoms with Gasteiger partial charge in [-0.15, -0.1) is 0 Å². The van der Waals surface area contributed by atoms with E-state index in [0.29, 0.717) is 11.6 Å². The largest absolute Gasteiger partial charge is 0.325 e. The van der Waals surface area contributed by atoms with E-state index in [0.717, 1.165) is 24.9 Å². The highest BCUT2D eigenvalue weighted by atomic mass is 35.5. The lowest BCUT2D eigenvalue weighted by molar-refractivity contribution is -0.115. The maximum atomic E-state index is 11.9. The smallest absolute Gasteiger partial charge is 0.238 e. The van der Waals surface area contributed by atoms with Crippen molar-refractivity contribution in [2.45, 2.75) is 45.6 Å². The van der Waals surface area contributed by atoms with Gasteiger partial charge in [0, 0.05) is 16.2 Å². The van der Waals surface area contributed by atoms with Crippen LogP contribution in [0.1, 0.15) is 40.0 Å². The maximum Gasteiger partial charge on any atom is 0.238 e. The van der Waals surface area contributed by atoms with Crippen molar-refractivity contribution in [3.63, 3.8) is 0 Å².